The molecule has 0 bridgehead atoms. The summed E-state index contributed by atoms with van der Waals surface area (Å²) in [4.78, 5) is 31.5. The fraction of sp³-hybridized carbons (Fsp3) is 0.500. The smallest absolute Gasteiger partial charge is 0.242 e. The quantitative estimate of drug-likeness (QED) is 0.623. The molecular weight excluding hydrogens is 396 g/mol. The zero-order valence-corrected chi connectivity index (χ0v) is 19.2. The first-order valence-corrected chi connectivity index (χ1v) is 11.4. The van der Waals surface area contributed by atoms with Gasteiger partial charge in [0.2, 0.25) is 11.8 Å². The summed E-state index contributed by atoms with van der Waals surface area (Å²) < 4.78 is 5.15. The number of carbonyl (C=O) groups is 2. The first-order valence-electron chi connectivity index (χ1n) is 10.5. The van der Waals surface area contributed by atoms with E-state index in [2.05, 4.69) is 23.6 Å². The van der Waals surface area contributed by atoms with E-state index in [-0.39, 0.29) is 24.4 Å². The van der Waals surface area contributed by atoms with Crippen molar-refractivity contribution in [3.05, 3.63) is 57.8 Å². The van der Waals surface area contributed by atoms with Crippen molar-refractivity contribution in [1.29, 1.82) is 0 Å². The predicted molar refractivity (Wildman–Crippen MR) is 121 cm³/mol. The summed E-state index contributed by atoms with van der Waals surface area (Å²) in [5.41, 5.74) is 1.78. The molecule has 0 saturated carbocycles. The van der Waals surface area contributed by atoms with Crippen LogP contribution in [-0.4, -0.2) is 55.0 Å². The molecule has 1 atom stereocenters. The summed E-state index contributed by atoms with van der Waals surface area (Å²) in [5.74, 6) is -0.00725. The van der Waals surface area contributed by atoms with Crippen molar-refractivity contribution in [2.45, 2.75) is 39.7 Å². The summed E-state index contributed by atoms with van der Waals surface area (Å²) >= 11 is 1.76. The van der Waals surface area contributed by atoms with Gasteiger partial charge in [-0.15, -0.1) is 11.3 Å². The maximum Gasteiger partial charge on any atom is 0.242 e. The number of nitrogens with zero attached hydrogens (tertiary/aromatic N) is 2. The van der Waals surface area contributed by atoms with E-state index < -0.39 is 5.41 Å². The van der Waals surface area contributed by atoms with Gasteiger partial charge in [-0.3, -0.25) is 9.59 Å². The molecule has 1 aliphatic heterocycles. The second-order valence-corrected chi connectivity index (χ2v) is 9.77. The average molecular weight is 429 g/mol. The van der Waals surface area contributed by atoms with E-state index in [1.165, 1.54) is 10.4 Å². The molecule has 1 unspecified atom stereocenters. The van der Waals surface area contributed by atoms with Gasteiger partial charge in [-0.2, -0.15) is 0 Å². The molecule has 2 heterocycles. The van der Waals surface area contributed by atoms with Crippen LogP contribution >= 0.6 is 11.3 Å². The van der Waals surface area contributed by atoms with Crippen molar-refractivity contribution < 1.29 is 14.3 Å². The molecule has 0 aliphatic carbocycles. The standard InChI is InChI=1S/C24H32N2O3S/c1-24(2,3)23(28)25(13-8-15-29-4)17-21(27)26-14-11-20-19(12-16-30-20)22(26)18-9-6-5-7-10-18/h5-7,9-10,12,16,22H,8,11,13-15,17H2,1-4H3. The molecule has 0 N–H and O–H groups in total. The number of amides is 2. The predicted octanol–water partition coefficient (Wildman–Crippen LogP) is 4.13. The SMILES string of the molecule is COCCCN(CC(=O)N1CCc2sccc2C1c1ccccc1)C(=O)C(C)(C)C. The number of benzene rings is 1. The average Bonchev–Trinajstić information content (AvgIpc) is 3.20. The second-order valence-electron chi connectivity index (χ2n) is 8.77. The molecule has 0 radical (unpaired) electrons. The van der Waals surface area contributed by atoms with Gasteiger partial charge < -0.3 is 14.5 Å². The summed E-state index contributed by atoms with van der Waals surface area (Å²) in [5, 5.41) is 2.11. The van der Waals surface area contributed by atoms with Crippen molar-refractivity contribution in [1.82, 2.24) is 9.80 Å². The number of rotatable bonds is 7. The Bertz CT molecular complexity index is 857. The van der Waals surface area contributed by atoms with Gasteiger partial charge in [0.15, 0.2) is 0 Å². The van der Waals surface area contributed by atoms with Crippen molar-refractivity contribution in [2.75, 3.05) is 33.4 Å². The Hall–Kier alpha value is -2.18. The maximum absolute atomic E-state index is 13.5. The van der Waals surface area contributed by atoms with Crippen molar-refractivity contribution in [2.24, 2.45) is 5.41 Å². The number of fused-ring (bicyclic) bond motifs is 1. The van der Waals surface area contributed by atoms with E-state index >= 15 is 0 Å². The molecule has 0 fully saturated rings. The molecule has 5 nitrogen and oxygen atoms in total. The molecule has 162 valence electrons. The van der Waals surface area contributed by atoms with E-state index in [4.69, 9.17) is 4.74 Å². The minimum atomic E-state index is -0.533. The van der Waals surface area contributed by atoms with Gasteiger partial charge in [-0.1, -0.05) is 51.1 Å². The van der Waals surface area contributed by atoms with Crippen molar-refractivity contribution in [3.8, 4) is 0 Å². The first kappa shape index (κ1) is 22.5. The largest absolute Gasteiger partial charge is 0.385 e. The van der Waals surface area contributed by atoms with E-state index in [0.29, 0.717) is 26.1 Å². The monoisotopic (exact) mass is 428 g/mol. The minimum absolute atomic E-state index is 0.00329. The fourth-order valence-electron chi connectivity index (χ4n) is 3.96. The second kappa shape index (κ2) is 9.75. The number of methoxy groups -OCH3 is 1. The Labute approximate surface area is 183 Å². The van der Waals surface area contributed by atoms with E-state index in [1.807, 2.05) is 43.9 Å². The number of hydrogen-bond donors (Lipinski definition) is 0. The number of ether oxygens (including phenoxy) is 1. The fourth-order valence-corrected chi connectivity index (χ4v) is 4.86. The van der Waals surface area contributed by atoms with Gasteiger partial charge in [0, 0.05) is 37.1 Å². The Kier molecular flexibility index (Phi) is 7.32. The molecule has 0 saturated heterocycles. The van der Waals surface area contributed by atoms with Gasteiger partial charge in [0.1, 0.15) is 0 Å². The molecule has 30 heavy (non-hydrogen) atoms. The van der Waals surface area contributed by atoms with Gasteiger partial charge in [0.05, 0.1) is 12.6 Å². The number of carbonyl (C=O) groups excluding carboxylic acids is 2. The molecule has 1 aliphatic rings. The lowest BCUT2D eigenvalue weighted by Crippen LogP contribution is -2.49. The van der Waals surface area contributed by atoms with Crippen LogP contribution in [-0.2, 0) is 20.7 Å². The van der Waals surface area contributed by atoms with Crippen molar-refractivity contribution >= 4 is 23.2 Å². The summed E-state index contributed by atoms with van der Waals surface area (Å²) in [6.45, 7) is 7.54. The number of hydrogen-bond acceptors (Lipinski definition) is 4. The van der Waals surface area contributed by atoms with Crippen LogP contribution in [0.3, 0.4) is 0 Å². The normalized spacial score (nSPS) is 16.3. The molecule has 2 aromatic rings. The molecule has 0 spiro atoms. The van der Waals surface area contributed by atoms with Crippen LogP contribution in [0.1, 0.15) is 49.2 Å². The van der Waals surface area contributed by atoms with Crippen LogP contribution in [0.15, 0.2) is 41.8 Å². The Morgan fingerprint density at radius 3 is 2.60 bits per heavy atom. The van der Waals surface area contributed by atoms with E-state index in [9.17, 15) is 9.59 Å². The third kappa shape index (κ3) is 5.10. The Morgan fingerprint density at radius 2 is 1.93 bits per heavy atom. The van der Waals surface area contributed by atoms with Crippen LogP contribution < -0.4 is 0 Å². The summed E-state index contributed by atoms with van der Waals surface area (Å²) in [6.07, 6.45) is 1.57. The van der Waals surface area contributed by atoms with E-state index in [1.54, 1.807) is 23.3 Å². The van der Waals surface area contributed by atoms with Crippen molar-refractivity contribution in [3.63, 3.8) is 0 Å². The van der Waals surface area contributed by atoms with Crippen LogP contribution in [0.4, 0.5) is 0 Å². The van der Waals surface area contributed by atoms with Crippen LogP contribution in [0.2, 0.25) is 0 Å². The third-order valence-electron chi connectivity index (χ3n) is 5.43. The lowest BCUT2D eigenvalue weighted by atomic mass is 9.92. The topological polar surface area (TPSA) is 49.9 Å². The van der Waals surface area contributed by atoms with Gasteiger partial charge in [-0.25, -0.2) is 0 Å². The van der Waals surface area contributed by atoms with Crippen LogP contribution in [0.5, 0.6) is 0 Å². The van der Waals surface area contributed by atoms with Gasteiger partial charge in [0.25, 0.3) is 0 Å². The lowest BCUT2D eigenvalue weighted by Gasteiger charge is -2.38. The molecule has 2 amide bonds. The lowest BCUT2D eigenvalue weighted by molar-refractivity contribution is -0.146. The molecule has 1 aromatic heterocycles. The van der Waals surface area contributed by atoms with Gasteiger partial charge in [-0.05, 0) is 35.4 Å². The highest BCUT2D eigenvalue weighted by atomic mass is 32.1. The zero-order valence-electron chi connectivity index (χ0n) is 18.4. The molecule has 6 heteroatoms. The minimum Gasteiger partial charge on any atom is -0.385 e. The zero-order chi connectivity index (χ0) is 21.7. The van der Waals surface area contributed by atoms with E-state index in [0.717, 1.165) is 12.0 Å². The Morgan fingerprint density at radius 1 is 1.20 bits per heavy atom. The van der Waals surface area contributed by atoms with Crippen LogP contribution in [0, 0.1) is 5.41 Å². The van der Waals surface area contributed by atoms with Gasteiger partial charge >= 0.3 is 0 Å². The summed E-state index contributed by atoms with van der Waals surface area (Å²) in [6, 6.07) is 12.2. The molecular formula is C24H32N2O3S. The maximum atomic E-state index is 13.5. The first-order chi connectivity index (χ1) is 14.3. The Balaban J connectivity index is 1.84. The highest BCUT2D eigenvalue weighted by Crippen LogP contribution is 2.37. The van der Waals surface area contributed by atoms with Crippen LogP contribution in [0.25, 0.3) is 0 Å². The molecule has 1 aromatic carbocycles. The molecule has 3 rings (SSSR count). The summed E-state index contributed by atoms with van der Waals surface area (Å²) in [7, 11) is 1.65. The highest BCUT2D eigenvalue weighted by Gasteiger charge is 2.35. The highest BCUT2D eigenvalue weighted by molar-refractivity contribution is 7.10. The number of thiophene rings is 1. The third-order valence-corrected chi connectivity index (χ3v) is 6.43.